The lowest BCUT2D eigenvalue weighted by molar-refractivity contribution is -0.149. The second-order valence-corrected chi connectivity index (χ2v) is 7.40. The first-order chi connectivity index (χ1) is 12.1. The van der Waals surface area contributed by atoms with Crippen LogP contribution < -0.4 is 5.32 Å². The van der Waals surface area contributed by atoms with Crippen molar-refractivity contribution in [2.45, 2.75) is 65.0 Å². The van der Waals surface area contributed by atoms with Gasteiger partial charge in [-0.05, 0) is 53.0 Å². The molecule has 0 saturated carbocycles. The van der Waals surface area contributed by atoms with Gasteiger partial charge in [-0.1, -0.05) is 6.42 Å². The van der Waals surface area contributed by atoms with Crippen molar-refractivity contribution < 1.29 is 9.53 Å². The number of likely N-dealkylation sites (tertiary alicyclic amines) is 2. The largest absolute Gasteiger partial charge is 0.466 e. The van der Waals surface area contributed by atoms with Gasteiger partial charge in [0.05, 0.1) is 12.5 Å². The Balaban J connectivity index is 0.00000338. The van der Waals surface area contributed by atoms with E-state index in [0.717, 1.165) is 31.9 Å². The molecule has 0 aromatic carbocycles. The second-order valence-electron chi connectivity index (χ2n) is 7.40. The number of piperidine rings is 2. The van der Waals surface area contributed by atoms with E-state index in [2.05, 4.69) is 34.0 Å². The van der Waals surface area contributed by atoms with E-state index in [4.69, 9.17) is 4.74 Å². The summed E-state index contributed by atoms with van der Waals surface area (Å²) in [7, 11) is 1.82. The lowest BCUT2D eigenvalue weighted by atomic mass is 9.98. The van der Waals surface area contributed by atoms with Crippen LogP contribution in [-0.4, -0.2) is 73.6 Å². The van der Waals surface area contributed by atoms with Crippen LogP contribution >= 0.6 is 24.0 Å². The molecule has 7 heteroatoms. The maximum Gasteiger partial charge on any atom is 0.310 e. The minimum absolute atomic E-state index is 0. The normalized spacial score (nSPS) is 26.0. The van der Waals surface area contributed by atoms with Crippen LogP contribution in [0.1, 0.15) is 52.9 Å². The van der Waals surface area contributed by atoms with Crippen LogP contribution in [0, 0.1) is 5.92 Å². The number of guanidine groups is 1. The SMILES string of the molecule is CCOC(=O)C1CCCN(C(=NC)NCC(C)N2CCCCC2C)C1.I. The van der Waals surface area contributed by atoms with Crippen LogP contribution in [0.2, 0.25) is 0 Å². The highest BCUT2D eigenvalue weighted by Crippen LogP contribution is 2.20. The number of ether oxygens (including phenoxy) is 1. The summed E-state index contributed by atoms with van der Waals surface area (Å²) in [6.07, 6.45) is 5.86. The van der Waals surface area contributed by atoms with E-state index >= 15 is 0 Å². The summed E-state index contributed by atoms with van der Waals surface area (Å²) in [6, 6.07) is 1.15. The fourth-order valence-electron chi connectivity index (χ4n) is 4.09. The predicted octanol–water partition coefficient (Wildman–Crippen LogP) is 2.72. The Labute approximate surface area is 176 Å². The van der Waals surface area contributed by atoms with E-state index < -0.39 is 0 Å². The van der Waals surface area contributed by atoms with Crippen LogP contribution in [0.5, 0.6) is 0 Å². The minimum Gasteiger partial charge on any atom is -0.466 e. The molecule has 3 unspecified atom stereocenters. The maximum atomic E-state index is 12.0. The van der Waals surface area contributed by atoms with Crippen LogP contribution in [0.4, 0.5) is 0 Å². The summed E-state index contributed by atoms with van der Waals surface area (Å²) in [5, 5.41) is 3.53. The van der Waals surface area contributed by atoms with Crippen molar-refractivity contribution in [3.8, 4) is 0 Å². The maximum absolute atomic E-state index is 12.0. The van der Waals surface area contributed by atoms with Gasteiger partial charge in [-0.3, -0.25) is 14.7 Å². The fourth-order valence-corrected chi connectivity index (χ4v) is 4.09. The Kier molecular flexibility index (Phi) is 10.8. The third-order valence-corrected chi connectivity index (χ3v) is 5.53. The quantitative estimate of drug-likeness (QED) is 0.284. The van der Waals surface area contributed by atoms with Crippen LogP contribution in [0.15, 0.2) is 4.99 Å². The molecule has 0 amide bonds. The molecule has 0 bridgehead atoms. The number of rotatable bonds is 5. The van der Waals surface area contributed by atoms with Gasteiger partial charge >= 0.3 is 5.97 Å². The minimum atomic E-state index is -0.0711. The van der Waals surface area contributed by atoms with E-state index in [1.54, 1.807) is 0 Å². The van der Waals surface area contributed by atoms with Crippen molar-refractivity contribution in [1.82, 2.24) is 15.1 Å². The van der Waals surface area contributed by atoms with Gasteiger partial charge in [0.15, 0.2) is 5.96 Å². The zero-order valence-corrected chi connectivity index (χ0v) is 19.2. The van der Waals surface area contributed by atoms with Gasteiger partial charge in [-0.2, -0.15) is 0 Å². The molecule has 2 heterocycles. The number of esters is 1. The molecule has 0 aromatic heterocycles. The van der Waals surface area contributed by atoms with Gasteiger partial charge < -0.3 is 15.0 Å². The molecule has 3 atom stereocenters. The molecule has 0 radical (unpaired) electrons. The van der Waals surface area contributed by atoms with Gasteiger partial charge in [0.1, 0.15) is 0 Å². The van der Waals surface area contributed by atoms with Crippen molar-refractivity contribution in [3.05, 3.63) is 0 Å². The fraction of sp³-hybridized carbons (Fsp3) is 0.895. The van der Waals surface area contributed by atoms with Crippen molar-refractivity contribution in [2.24, 2.45) is 10.9 Å². The van der Waals surface area contributed by atoms with Crippen molar-refractivity contribution in [1.29, 1.82) is 0 Å². The molecule has 0 spiro atoms. The highest BCUT2D eigenvalue weighted by atomic mass is 127. The Morgan fingerprint density at radius 3 is 2.69 bits per heavy atom. The summed E-state index contributed by atoms with van der Waals surface area (Å²) in [5.41, 5.74) is 0. The lowest BCUT2D eigenvalue weighted by Crippen LogP contribution is -2.53. The first kappa shape index (κ1) is 23.5. The first-order valence-electron chi connectivity index (χ1n) is 9.94. The Morgan fingerprint density at radius 2 is 2.04 bits per heavy atom. The van der Waals surface area contributed by atoms with Gasteiger partial charge in [0.25, 0.3) is 0 Å². The van der Waals surface area contributed by atoms with Gasteiger partial charge in [-0.25, -0.2) is 0 Å². The Morgan fingerprint density at radius 1 is 1.27 bits per heavy atom. The number of carbonyl (C=O) groups excluding carboxylic acids is 1. The van der Waals surface area contributed by atoms with Crippen LogP contribution in [0.25, 0.3) is 0 Å². The topological polar surface area (TPSA) is 57.2 Å². The standard InChI is InChI=1S/C19H36N4O2.HI/c1-5-25-18(24)17-10-8-11-22(14-17)19(20-4)21-13-16(3)23-12-7-6-9-15(23)2;/h15-17H,5-14H2,1-4H3,(H,20,21);1H. The molecule has 6 nitrogen and oxygen atoms in total. The van der Waals surface area contributed by atoms with Crippen LogP contribution in [-0.2, 0) is 9.53 Å². The monoisotopic (exact) mass is 480 g/mol. The van der Waals surface area contributed by atoms with E-state index in [1.165, 1.54) is 25.8 Å². The molecule has 0 aromatic rings. The number of halogens is 1. The average Bonchev–Trinajstić information content (AvgIpc) is 2.63. The van der Waals surface area contributed by atoms with Crippen molar-refractivity contribution >= 4 is 35.9 Å². The second kappa shape index (κ2) is 12.0. The average molecular weight is 480 g/mol. The number of hydrogen-bond acceptors (Lipinski definition) is 4. The number of nitrogens with one attached hydrogen (secondary N) is 1. The molecular formula is C19H37IN4O2. The highest BCUT2D eigenvalue weighted by molar-refractivity contribution is 14.0. The van der Waals surface area contributed by atoms with Crippen LogP contribution in [0.3, 0.4) is 0 Å². The molecule has 2 fully saturated rings. The lowest BCUT2D eigenvalue weighted by Gasteiger charge is -2.39. The number of nitrogens with zero attached hydrogens (tertiary/aromatic N) is 3. The van der Waals surface area contributed by atoms with E-state index in [-0.39, 0.29) is 35.9 Å². The van der Waals surface area contributed by atoms with Crippen molar-refractivity contribution in [3.63, 3.8) is 0 Å². The summed E-state index contributed by atoms with van der Waals surface area (Å²) in [5.74, 6) is 0.801. The molecule has 152 valence electrons. The highest BCUT2D eigenvalue weighted by Gasteiger charge is 2.29. The molecule has 1 N–H and O–H groups in total. The Bertz CT molecular complexity index is 461. The molecule has 2 aliphatic heterocycles. The summed E-state index contributed by atoms with van der Waals surface area (Å²) in [4.78, 5) is 21.3. The third kappa shape index (κ3) is 6.55. The number of carbonyl (C=O) groups is 1. The third-order valence-electron chi connectivity index (χ3n) is 5.53. The summed E-state index contributed by atoms with van der Waals surface area (Å²) >= 11 is 0. The smallest absolute Gasteiger partial charge is 0.310 e. The zero-order valence-electron chi connectivity index (χ0n) is 16.9. The molecule has 0 aliphatic carbocycles. The predicted molar refractivity (Wildman–Crippen MR) is 117 cm³/mol. The van der Waals surface area contributed by atoms with Gasteiger partial charge in [0, 0.05) is 38.8 Å². The summed E-state index contributed by atoms with van der Waals surface area (Å²) < 4.78 is 5.20. The molecule has 26 heavy (non-hydrogen) atoms. The van der Waals surface area contributed by atoms with E-state index in [9.17, 15) is 4.79 Å². The van der Waals surface area contributed by atoms with E-state index in [0.29, 0.717) is 25.2 Å². The number of aliphatic imine (C=N–C) groups is 1. The molecule has 2 aliphatic rings. The molecule has 2 saturated heterocycles. The van der Waals surface area contributed by atoms with Gasteiger partial charge in [0.2, 0.25) is 0 Å². The summed E-state index contributed by atoms with van der Waals surface area (Å²) in [6.45, 7) is 10.7. The Hall–Kier alpha value is -0.570. The van der Waals surface area contributed by atoms with E-state index in [1.807, 2.05) is 14.0 Å². The van der Waals surface area contributed by atoms with Crippen molar-refractivity contribution in [2.75, 3.05) is 39.8 Å². The number of hydrogen-bond donors (Lipinski definition) is 1. The first-order valence-corrected chi connectivity index (χ1v) is 9.94. The zero-order chi connectivity index (χ0) is 18.2. The molecule has 2 rings (SSSR count). The molecular weight excluding hydrogens is 443 g/mol. The van der Waals surface area contributed by atoms with Gasteiger partial charge in [-0.15, -0.1) is 24.0 Å².